The number of hydrogen-bond donors (Lipinski definition) is 0. The molecule has 0 aliphatic heterocycles. The van der Waals surface area contributed by atoms with Gasteiger partial charge in [0.25, 0.3) is 0 Å². The van der Waals surface area contributed by atoms with Crippen molar-refractivity contribution in [1.82, 2.24) is 0 Å². The monoisotopic (exact) mass is 200 g/mol. The predicted octanol–water partition coefficient (Wildman–Crippen LogP) is 1.71. The fraction of sp³-hybridized carbons (Fsp3) is 0.857. The maximum atomic E-state index is 10.4. The Balaban J connectivity index is 0. The van der Waals surface area contributed by atoms with Gasteiger partial charge in [0, 0.05) is 6.42 Å². The van der Waals surface area contributed by atoms with Gasteiger partial charge in [0.15, 0.2) is 0 Å². The Labute approximate surface area is 96.8 Å². The van der Waals surface area contributed by atoms with E-state index in [1.54, 1.807) is 6.92 Å². The molecular weight excluding hydrogens is 186 g/mol. The minimum atomic E-state index is -0.251. The normalized spacial score (nSPS) is 9.42. The van der Waals surface area contributed by atoms with Gasteiger partial charge in [-0.2, -0.15) is 0 Å². The van der Waals surface area contributed by atoms with E-state index in [1.165, 1.54) is 0 Å². The molecule has 0 unspecified atom stereocenters. The van der Waals surface area contributed by atoms with Gasteiger partial charge in [-0.3, -0.25) is 4.52 Å². The van der Waals surface area contributed by atoms with E-state index in [1.807, 2.05) is 0 Å². The van der Waals surface area contributed by atoms with Crippen molar-refractivity contribution >= 4 is 44.0 Å². The van der Waals surface area contributed by atoms with Crippen LogP contribution in [-0.2, 0) is 13.9 Å². The summed E-state index contributed by atoms with van der Waals surface area (Å²) in [6.07, 6.45) is 3.40. The fourth-order valence-electron chi connectivity index (χ4n) is 0.755. The number of hydrogen-bond acceptors (Lipinski definition) is 3. The molecule has 0 fully saturated rings. The van der Waals surface area contributed by atoms with Crippen molar-refractivity contribution in [3.63, 3.8) is 0 Å². The van der Waals surface area contributed by atoms with E-state index in [9.17, 15) is 9.36 Å². The molecule has 0 spiro atoms. The molecule has 3 nitrogen and oxygen atoms in total. The zero-order chi connectivity index (χ0) is 8.53. The molecule has 0 aromatic carbocycles. The molecule has 0 saturated carbocycles. The number of Topliss-reactive ketones (excluding diaryl/α,β-unsaturated/α-hetero) is 1. The van der Waals surface area contributed by atoms with Crippen LogP contribution in [0.15, 0.2) is 0 Å². The molecule has 0 aliphatic carbocycles. The van der Waals surface area contributed by atoms with Crippen molar-refractivity contribution in [2.45, 2.75) is 32.6 Å². The predicted molar refractivity (Wildman–Crippen MR) is 49.9 cm³/mol. The number of rotatable bonds is 7. The van der Waals surface area contributed by atoms with Crippen molar-refractivity contribution in [3.8, 4) is 0 Å². The third-order valence-electron chi connectivity index (χ3n) is 1.32. The SMILES string of the molecule is CC(=O)CCCCCOP=O.[NaH]. The van der Waals surface area contributed by atoms with Crippen LogP contribution in [-0.4, -0.2) is 41.9 Å². The summed E-state index contributed by atoms with van der Waals surface area (Å²) in [6.45, 7) is 2.11. The van der Waals surface area contributed by atoms with Crippen molar-refractivity contribution in [2.24, 2.45) is 0 Å². The van der Waals surface area contributed by atoms with Crippen LogP contribution in [0, 0.1) is 0 Å². The van der Waals surface area contributed by atoms with Crippen LogP contribution in [0.4, 0.5) is 0 Å². The summed E-state index contributed by atoms with van der Waals surface area (Å²) in [5.41, 5.74) is 0. The molecular formula is C7H14NaO3P. The molecule has 5 heteroatoms. The molecule has 0 saturated heterocycles. The number of unbranched alkanes of at least 4 members (excludes halogenated alkanes) is 2. The number of carbonyl (C=O) groups is 1. The van der Waals surface area contributed by atoms with E-state index < -0.39 is 0 Å². The number of ketones is 1. The number of carbonyl (C=O) groups excluding carboxylic acids is 1. The summed E-state index contributed by atoms with van der Waals surface area (Å²) < 4.78 is 14.3. The van der Waals surface area contributed by atoms with Gasteiger partial charge in [-0.25, -0.2) is 4.57 Å². The molecule has 0 atom stereocenters. The van der Waals surface area contributed by atoms with Gasteiger partial charge in [-0.1, -0.05) is 6.42 Å². The zero-order valence-corrected chi connectivity index (χ0v) is 7.60. The molecule has 0 aliphatic rings. The Kier molecular flexibility index (Phi) is 14.9. The summed E-state index contributed by atoms with van der Waals surface area (Å²) >= 11 is 0. The van der Waals surface area contributed by atoms with Gasteiger partial charge >= 0.3 is 38.2 Å². The van der Waals surface area contributed by atoms with Gasteiger partial charge in [0.2, 0.25) is 0 Å². The first-order chi connectivity index (χ1) is 5.27. The van der Waals surface area contributed by atoms with Gasteiger partial charge in [-0.05, 0) is 19.8 Å². The van der Waals surface area contributed by atoms with Crippen molar-refractivity contribution in [1.29, 1.82) is 0 Å². The first-order valence-electron chi connectivity index (χ1n) is 3.71. The standard InChI is InChI=1S/C7H13O3P.Na.H/c1-7(8)5-3-2-4-6-10-11-9;;/h2-6H2,1H3;;. The van der Waals surface area contributed by atoms with Gasteiger partial charge in [0.05, 0.1) is 6.61 Å². The van der Waals surface area contributed by atoms with E-state index in [4.69, 9.17) is 0 Å². The summed E-state index contributed by atoms with van der Waals surface area (Å²) in [4.78, 5) is 10.4. The summed E-state index contributed by atoms with van der Waals surface area (Å²) in [5.74, 6) is 0.230. The van der Waals surface area contributed by atoms with Gasteiger partial charge in [0.1, 0.15) is 5.78 Å². The van der Waals surface area contributed by atoms with E-state index >= 15 is 0 Å². The Hall–Kier alpha value is 0.730. The second-order valence-corrected chi connectivity index (χ2v) is 2.83. The summed E-state index contributed by atoms with van der Waals surface area (Å²) in [7, 11) is -0.251. The summed E-state index contributed by atoms with van der Waals surface area (Å²) in [6, 6.07) is 0. The molecule has 0 amide bonds. The zero-order valence-electron chi connectivity index (χ0n) is 6.71. The molecule has 12 heavy (non-hydrogen) atoms. The van der Waals surface area contributed by atoms with E-state index in [0.29, 0.717) is 13.0 Å². The Bertz CT molecular complexity index is 130. The summed E-state index contributed by atoms with van der Waals surface area (Å²) in [5, 5.41) is 0. The third-order valence-corrected chi connectivity index (χ3v) is 1.61. The Morgan fingerprint density at radius 1 is 1.33 bits per heavy atom. The quantitative estimate of drug-likeness (QED) is 0.357. The van der Waals surface area contributed by atoms with Crippen molar-refractivity contribution in [3.05, 3.63) is 0 Å². The molecule has 66 valence electrons. The van der Waals surface area contributed by atoms with Crippen LogP contribution >= 0.6 is 8.69 Å². The molecule has 0 radical (unpaired) electrons. The Morgan fingerprint density at radius 2 is 2.00 bits per heavy atom. The Morgan fingerprint density at radius 3 is 2.50 bits per heavy atom. The molecule has 0 bridgehead atoms. The minimum absolute atomic E-state index is 0. The van der Waals surface area contributed by atoms with Crippen molar-refractivity contribution in [2.75, 3.05) is 6.61 Å². The maximum absolute atomic E-state index is 10.4. The van der Waals surface area contributed by atoms with Crippen LogP contribution in [0.5, 0.6) is 0 Å². The van der Waals surface area contributed by atoms with E-state index in [0.717, 1.165) is 19.3 Å². The molecule has 0 rings (SSSR count). The fourth-order valence-corrected chi connectivity index (χ4v) is 0.958. The second-order valence-electron chi connectivity index (χ2n) is 2.42. The molecule has 0 aromatic rings. The first-order valence-corrected chi connectivity index (χ1v) is 4.44. The van der Waals surface area contributed by atoms with Crippen LogP contribution < -0.4 is 0 Å². The molecule has 0 heterocycles. The molecule has 0 N–H and O–H groups in total. The second kappa shape index (κ2) is 11.7. The van der Waals surface area contributed by atoms with E-state index in [-0.39, 0.29) is 44.0 Å². The average Bonchev–Trinajstić information content (AvgIpc) is 1.96. The molecule has 0 aromatic heterocycles. The van der Waals surface area contributed by atoms with Crippen LogP contribution in [0.1, 0.15) is 32.6 Å². The van der Waals surface area contributed by atoms with Crippen LogP contribution in [0.3, 0.4) is 0 Å². The topological polar surface area (TPSA) is 43.4 Å². The van der Waals surface area contributed by atoms with Crippen molar-refractivity contribution < 1.29 is 13.9 Å². The van der Waals surface area contributed by atoms with Gasteiger partial charge in [-0.15, -0.1) is 0 Å². The third kappa shape index (κ3) is 13.3. The average molecular weight is 200 g/mol. The van der Waals surface area contributed by atoms with Crippen LogP contribution in [0.25, 0.3) is 0 Å². The first kappa shape index (κ1) is 15.2. The van der Waals surface area contributed by atoms with Crippen LogP contribution in [0.2, 0.25) is 0 Å². The van der Waals surface area contributed by atoms with E-state index in [2.05, 4.69) is 4.52 Å². The van der Waals surface area contributed by atoms with Gasteiger partial charge < -0.3 is 4.79 Å².